The van der Waals surface area contributed by atoms with Gasteiger partial charge in [0.05, 0.1) is 17.9 Å². The van der Waals surface area contributed by atoms with Gasteiger partial charge in [0.1, 0.15) is 11.5 Å². The van der Waals surface area contributed by atoms with Gasteiger partial charge in [-0.1, -0.05) is 0 Å². The van der Waals surface area contributed by atoms with Crippen LogP contribution >= 0.6 is 0 Å². The molecule has 166 valence electrons. The molecule has 2 aliphatic heterocycles. The Hall–Kier alpha value is -3.50. The molecule has 2 aliphatic rings. The summed E-state index contributed by atoms with van der Waals surface area (Å²) in [6.45, 7) is 2.23. The molecule has 11 heteroatoms. The lowest BCUT2D eigenvalue weighted by Crippen LogP contribution is -2.25. The van der Waals surface area contributed by atoms with Crippen molar-refractivity contribution >= 4 is 18.1 Å². The Balaban J connectivity index is 0.000000287. The average Bonchev–Trinajstić information content (AvgIpc) is 3.31. The second kappa shape index (κ2) is 9.11. The van der Waals surface area contributed by atoms with Gasteiger partial charge in [-0.3, -0.25) is 4.79 Å². The van der Waals surface area contributed by atoms with E-state index >= 15 is 0 Å². The Bertz CT molecular complexity index is 939. The molecule has 0 radical (unpaired) electrons. The van der Waals surface area contributed by atoms with E-state index in [1.54, 1.807) is 15.9 Å². The van der Waals surface area contributed by atoms with Crippen molar-refractivity contribution < 1.29 is 32.2 Å². The quantitative estimate of drug-likeness (QED) is 0.740. The number of anilines is 1. The van der Waals surface area contributed by atoms with Crippen LogP contribution < -0.4 is 14.8 Å². The van der Waals surface area contributed by atoms with Crippen LogP contribution in [0.4, 0.5) is 23.7 Å². The van der Waals surface area contributed by atoms with Gasteiger partial charge in [0, 0.05) is 57.5 Å². The summed E-state index contributed by atoms with van der Waals surface area (Å²) in [4.78, 5) is 28.5. The highest BCUT2D eigenvalue weighted by atomic mass is 19.4. The molecule has 0 atom stereocenters. The molecule has 1 N–H and O–H groups in total. The number of nitrogens with zero attached hydrogens (tertiary/aromatic N) is 3. The number of benzene rings is 1. The van der Waals surface area contributed by atoms with Crippen molar-refractivity contribution in [3.8, 4) is 17.4 Å². The standard InChI is InChI=1S/C15H11F3N2O3.C5H10N2O/c16-15(17,18)10-1-2-13(19-7-10)23-11-5-9-3-4-22-14(9)12(6-11)20-8-21;1-6-3-4-7(2)5(6)8/h1-2,5-8H,3-4H2,(H,20,21);3-4H2,1-2H3. The molecule has 0 bridgehead atoms. The van der Waals surface area contributed by atoms with Gasteiger partial charge < -0.3 is 24.6 Å². The van der Waals surface area contributed by atoms with Gasteiger partial charge in [-0.15, -0.1) is 0 Å². The van der Waals surface area contributed by atoms with Crippen molar-refractivity contribution in [3.05, 3.63) is 41.6 Å². The molecule has 4 rings (SSSR count). The zero-order chi connectivity index (χ0) is 22.6. The van der Waals surface area contributed by atoms with Crippen LogP contribution in [0.15, 0.2) is 30.5 Å². The third kappa shape index (κ3) is 5.36. The van der Waals surface area contributed by atoms with Crippen molar-refractivity contribution in [2.75, 3.05) is 39.1 Å². The monoisotopic (exact) mass is 438 g/mol. The smallest absolute Gasteiger partial charge is 0.417 e. The van der Waals surface area contributed by atoms with Crippen LogP contribution in [0.2, 0.25) is 0 Å². The highest BCUT2D eigenvalue weighted by Crippen LogP contribution is 2.38. The minimum Gasteiger partial charge on any atom is -0.491 e. The number of amides is 3. The van der Waals surface area contributed by atoms with Gasteiger partial charge in [0.2, 0.25) is 12.3 Å². The first-order valence-electron chi connectivity index (χ1n) is 9.36. The minimum atomic E-state index is -4.45. The first-order valence-corrected chi connectivity index (χ1v) is 9.36. The minimum absolute atomic E-state index is 0.0221. The Morgan fingerprint density at radius 1 is 1.19 bits per heavy atom. The molecule has 3 heterocycles. The molecular weight excluding hydrogens is 417 g/mol. The predicted octanol–water partition coefficient (Wildman–Crippen LogP) is 3.38. The number of urea groups is 1. The molecule has 0 aliphatic carbocycles. The maximum atomic E-state index is 12.5. The van der Waals surface area contributed by atoms with Crippen molar-refractivity contribution in [3.63, 3.8) is 0 Å². The number of rotatable bonds is 4. The van der Waals surface area contributed by atoms with E-state index in [4.69, 9.17) is 9.47 Å². The third-order valence-electron chi connectivity index (χ3n) is 4.68. The van der Waals surface area contributed by atoms with Gasteiger partial charge in [0.15, 0.2) is 0 Å². The SMILES string of the molecule is CN1CCN(C)C1=O.O=CNc1cc(Oc2ccc(C(F)(F)F)cn2)cc2c1OCC2. The van der Waals surface area contributed by atoms with Crippen LogP contribution in [0.3, 0.4) is 0 Å². The van der Waals surface area contributed by atoms with Crippen LogP contribution in [-0.2, 0) is 17.4 Å². The van der Waals surface area contributed by atoms with Crippen LogP contribution in [0, 0.1) is 0 Å². The zero-order valence-electron chi connectivity index (χ0n) is 16.9. The summed E-state index contributed by atoms with van der Waals surface area (Å²) in [7, 11) is 3.62. The Morgan fingerprint density at radius 3 is 2.42 bits per heavy atom. The largest absolute Gasteiger partial charge is 0.491 e. The number of ether oxygens (including phenoxy) is 2. The highest BCUT2D eigenvalue weighted by Gasteiger charge is 2.30. The number of carbonyl (C=O) groups is 2. The molecule has 1 saturated heterocycles. The summed E-state index contributed by atoms with van der Waals surface area (Å²) in [6, 6.07) is 5.39. The first-order chi connectivity index (χ1) is 14.7. The fraction of sp³-hybridized carbons (Fsp3) is 0.350. The van der Waals surface area contributed by atoms with Crippen molar-refractivity contribution in [2.24, 2.45) is 0 Å². The van der Waals surface area contributed by atoms with Crippen molar-refractivity contribution in [1.29, 1.82) is 0 Å². The third-order valence-corrected chi connectivity index (χ3v) is 4.68. The maximum absolute atomic E-state index is 12.5. The van der Waals surface area contributed by atoms with Crippen molar-refractivity contribution in [1.82, 2.24) is 14.8 Å². The van der Waals surface area contributed by atoms with E-state index < -0.39 is 11.7 Å². The predicted molar refractivity (Wildman–Crippen MR) is 105 cm³/mol. The topological polar surface area (TPSA) is 84.0 Å². The highest BCUT2D eigenvalue weighted by molar-refractivity contribution is 5.78. The summed E-state index contributed by atoms with van der Waals surface area (Å²) in [6.07, 6.45) is -2.58. The summed E-state index contributed by atoms with van der Waals surface area (Å²) >= 11 is 0. The van der Waals surface area contributed by atoms with Gasteiger partial charge in [0.25, 0.3) is 0 Å². The van der Waals surface area contributed by atoms with Crippen molar-refractivity contribution in [2.45, 2.75) is 12.6 Å². The maximum Gasteiger partial charge on any atom is 0.417 e. The molecule has 1 aromatic heterocycles. The van der Waals surface area contributed by atoms with Gasteiger partial charge in [-0.2, -0.15) is 13.2 Å². The Kier molecular flexibility index (Phi) is 6.52. The van der Waals surface area contributed by atoms with Crippen LogP contribution in [0.1, 0.15) is 11.1 Å². The van der Waals surface area contributed by atoms with E-state index in [2.05, 4.69) is 10.3 Å². The van der Waals surface area contributed by atoms with Crippen LogP contribution in [0.25, 0.3) is 0 Å². The Morgan fingerprint density at radius 2 is 1.90 bits per heavy atom. The zero-order valence-corrected chi connectivity index (χ0v) is 16.9. The second-order valence-corrected chi connectivity index (χ2v) is 6.93. The van der Waals surface area contributed by atoms with Crippen LogP contribution in [-0.4, -0.2) is 61.0 Å². The molecule has 8 nitrogen and oxygen atoms in total. The van der Waals surface area contributed by atoms with E-state index in [-0.39, 0.29) is 11.9 Å². The lowest BCUT2D eigenvalue weighted by Gasteiger charge is -2.11. The summed E-state index contributed by atoms with van der Waals surface area (Å²) in [5.74, 6) is 0.949. The number of alkyl halides is 3. The number of carbonyl (C=O) groups excluding carboxylic acids is 2. The number of halogens is 3. The average molecular weight is 438 g/mol. The Labute approximate surface area is 176 Å². The molecule has 0 saturated carbocycles. The molecule has 3 amide bonds. The molecular formula is C20H21F3N4O4. The van der Waals surface area contributed by atoms with E-state index in [1.165, 1.54) is 6.07 Å². The number of nitrogens with one attached hydrogen (secondary N) is 1. The number of likely N-dealkylation sites (N-methyl/N-ethyl adjacent to an activating group) is 2. The fourth-order valence-electron chi connectivity index (χ4n) is 3.02. The lowest BCUT2D eigenvalue weighted by atomic mass is 10.1. The number of aromatic nitrogens is 1. The van der Waals surface area contributed by atoms with Crippen LogP contribution in [0.5, 0.6) is 17.4 Å². The van der Waals surface area contributed by atoms with E-state index in [1.807, 2.05) is 14.1 Å². The number of hydrogen-bond donors (Lipinski definition) is 1. The normalized spacial score (nSPS) is 15.1. The molecule has 31 heavy (non-hydrogen) atoms. The van der Waals surface area contributed by atoms with E-state index in [0.717, 1.165) is 30.8 Å². The molecule has 2 aromatic rings. The number of hydrogen-bond acceptors (Lipinski definition) is 5. The van der Waals surface area contributed by atoms with Gasteiger partial charge in [-0.25, -0.2) is 9.78 Å². The summed E-state index contributed by atoms with van der Waals surface area (Å²) < 4.78 is 48.4. The molecule has 1 aromatic carbocycles. The number of pyridine rings is 1. The molecule has 1 fully saturated rings. The van der Waals surface area contributed by atoms with E-state index in [9.17, 15) is 22.8 Å². The van der Waals surface area contributed by atoms with Gasteiger partial charge >= 0.3 is 12.2 Å². The van der Waals surface area contributed by atoms with Gasteiger partial charge in [-0.05, 0) is 12.1 Å². The lowest BCUT2D eigenvalue weighted by molar-refractivity contribution is -0.137. The van der Waals surface area contributed by atoms with E-state index in [0.29, 0.717) is 42.8 Å². The first kappa shape index (κ1) is 22.2. The molecule has 0 unspecified atom stereocenters. The second-order valence-electron chi connectivity index (χ2n) is 6.93. The summed E-state index contributed by atoms with van der Waals surface area (Å²) in [5, 5.41) is 2.51. The summed E-state index contributed by atoms with van der Waals surface area (Å²) in [5.41, 5.74) is 0.436. The molecule has 0 spiro atoms. The number of fused-ring (bicyclic) bond motifs is 1. The fourth-order valence-corrected chi connectivity index (χ4v) is 3.02.